The average Bonchev–Trinajstić information content (AvgIpc) is 2.63. The van der Waals surface area contributed by atoms with Gasteiger partial charge in [0.05, 0.1) is 18.3 Å². The highest BCUT2D eigenvalue weighted by atomic mass is 16.5. The van der Waals surface area contributed by atoms with Crippen LogP contribution in [0.3, 0.4) is 0 Å². The zero-order valence-electron chi connectivity index (χ0n) is 16.0. The van der Waals surface area contributed by atoms with Crippen LogP contribution in [0.1, 0.15) is 38.1 Å². The van der Waals surface area contributed by atoms with Crippen molar-refractivity contribution in [3.63, 3.8) is 0 Å². The van der Waals surface area contributed by atoms with Gasteiger partial charge >= 0.3 is 5.97 Å². The molecule has 2 aromatic carbocycles. The van der Waals surface area contributed by atoms with Gasteiger partial charge in [-0.1, -0.05) is 0 Å². The number of rotatable bonds is 8. The predicted molar refractivity (Wildman–Crippen MR) is 103 cm³/mol. The van der Waals surface area contributed by atoms with Crippen LogP contribution in [-0.4, -0.2) is 30.7 Å². The van der Waals surface area contributed by atoms with Crippen LogP contribution in [0.25, 0.3) is 0 Å². The largest absolute Gasteiger partial charge is 0.494 e. The summed E-state index contributed by atoms with van der Waals surface area (Å²) in [5.41, 5.74) is 0.952. The highest BCUT2D eigenvalue weighted by Crippen LogP contribution is 2.17. The zero-order valence-corrected chi connectivity index (χ0v) is 16.0. The minimum absolute atomic E-state index is 0.0501. The highest BCUT2D eigenvalue weighted by Gasteiger charge is 2.19. The van der Waals surface area contributed by atoms with Crippen molar-refractivity contribution in [2.75, 3.05) is 11.9 Å². The van der Waals surface area contributed by atoms with Gasteiger partial charge in [0, 0.05) is 5.69 Å². The Kier molecular flexibility index (Phi) is 7.23. The standard InChI is InChI=1S/C21H25NO5/c1-5-25-18-12-8-17(9-13-18)22-20(23)15(4)27-21(24)16-6-10-19(11-7-16)26-14(2)3/h6-15H,5H2,1-4H3,(H,22,23). The van der Waals surface area contributed by atoms with Crippen LogP contribution >= 0.6 is 0 Å². The molecule has 0 aliphatic heterocycles. The number of esters is 1. The topological polar surface area (TPSA) is 73.9 Å². The summed E-state index contributed by atoms with van der Waals surface area (Å²) < 4.78 is 16.1. The van der Waals surface area contributed by atoms with Gasteiger partial charge in [0.2, 0.25) is 0 Å². The van der Waals surface area contributed by atoms with Crippen molar-refractivity contribution in [2.45, 2.75) is 39.9 Å². The van der Waals surface area contributed by atoms with E-state index in [0.717, 1.165) is 5.75 Å². The van der Waals surface area contributed by atoms with Gasteiger partial charge < -0.3 is 19.5 Å². The first-order valence-electron chi connectivity index (χ1n) is 8.90. The average molecular weight is 371 g/mol. The molecule has 1 unspecified atom stereocenters. The first kappa shape index (κ1) is 20.3. The van der Waals surface area contributed by atoms with E-state index in [9.17, 15) is 9.59 Å². The Morgan fingerprint density at radius 1 is 0.926 bits per heavy atom. The molecule has 1 atom stereocenters. The number of benzene rings is 2. The predicted octanol–water partition coefficient (Wildman–Crippen LogP) is 4.06. The van der Waals surface area contributed by atoms with Gasteiger partial charge in [-0.3, -0.25) is 4.79 Å². The Balaban J connectivity index is 1.90. The molecule has 144 valence electrons. The van der Waals surface area contributed by atoms with Crippen molar-refractivity contribution in [1.82, 2.24) is 0 Å². The van der Waals surface area contributed by atoms with E-state index in [1.807, 2.05) is 20.8 Å². The lowest BCUT2D eigenvalue weighted by Gasteiger charge is -2.14. The molecule has 0 radical (unpaired) electrons. The smallest absolute Gasteiger partial charge is 0.338 e. The van der Waals surface area contributed by atoms with Crippen LogP contribution in [0.2, 0.25) is 0 Å². The van der Waals surface area contributed by atoms with Gasteiger partial charge in [-0.25, -0.2) is 4.79 Å². The number of anilines is 1. The maximum Gasteiger partial charge on any atom is 0.338 e. The first-order chi connectivity index (χ1) is 12.9. The van der Waals surface area contributed by atoms with Crippen LogP contribution in [0.5, 0.6) is 11.5 Å². The fourth-order valence-corrected chi connectivity index (χ4v) is 2.27. The second kappa shape index (κ2) is 9.62. The summed E-state index contributed by atoms with van der Waals surface area (Å²) in [5.74, 6) is 0.412. The van der Waals surface area contributed by atoms with Gasteiger partial charge in [0.25, 0.3) is 5.91 Å². The van der Waals surface area contributed by atoms with Crippen molar-refractivity contribution in [3.05, 3.63) is 54.1 Å². The van der Waals surface area contributed by atoms with E-state index >= 15 is 0 Å². The van der Waals surface area contributed by atoms with Crippen LogP contribution in [0.4, 0.5) is 5.69 Å². The number of ether oxygens (including phenoxy) is 3. The van der Waals surface area contributed by atoms with Crippen LogP contribution < -0.4 is 14.8 Å². The van der Waals surface area contributed by atoms with E-state index in [1.165, 1.54) is 6.92 Å². The van der Waals surface area contributed by atoms with Gasteiger partial charge in [-0.15, -0.1) is 0 Å². The highest BCUT2D eigenvalue weighted by molar-refractivity contribution is 5.97. The normalized spacial score (nSPS) is 11.6. The van der Waals surface area contributed by atoms with Crippen molar-refractivity contribution >= 4 is 17.6 Å². The maximum atomic E-state index is 12.2. The molecule has 0 spiro atoms. The number of hydrogen-bond acceptors (Lipinski definition) is 5. The van der Waals surface area contributed by atoms with Crippen LogP contribution in [-0.2, 0) is 9.53 Å². The minimum atomic E-state index is -0.935. The van der Waals surface area contributed by atoms with Crippen molar-refractivity contribution < 1.29 is 23.8 Å². The van der Waals surface area contributed by atoms with Crippen LogP contribution in [0, 0.1) is 0 Å². The van der Waals surface area contributed by atoms with Gasteiger partial charge in [-0.05, 0) is 76.2 Å². The Bertz CT molecular complexity index is 753. The second-order valence-corrected chi connectivity index (χ2v) is 6.19. The SMILES string of the molecule is CCOc1ccc(NC(=O)C(C)OC(=O)c2ccc(OC(C)C)cc2)cc1. The molecule has 0 saturated heterocycles. The van der Waals surface area contributed by atoms with E-state index in [0.29, 0.717) is 23.6 Å². The summed E-state index contributed by atoms with van der Waals surface area (Å²) in [6, 6.07) is 13.6. The molecule has 2 aromatic rings. The molecule has 0 fully saturated rings. The van der Waals surface area contributed by atoms with Crippen LogP contribution in [0.15, 0.2) is 48.5 Å². The lowest BCUT2D eigenvalue weighted by molar-refractivity contribution is -0.123. The molecule has 0 aliphatic carbocycles. The van der Waals surface area contributed by atoms with Gasteiger partial charge in [0.15, 0.2) is 6.10 Å². The molecule has 0 aliphatic rings. The van der Waals surface area contributed by atoms with E-state index in [1.54, 1.807) is 48.5 Å². The van der Waals surface area contributed by atoms with E-state index in [2.05, 4.69) is 5.32 Å². The molecule has 6 heteroatoms. The number of nitrogens with one attached hydrogen (secondary N) is 1. The summed E-state index contributed by atoms with van der Waals surface area (Å²) in [6.07, 6.45) is -0.884. The maximum absolute atomic E-state index is 12.2. The number of carbonyl (C=O) groups is 2. The molecule has 6 nitrogen and oxygen atoms in total. The second-order valence-electron chi connectivity index (χ2n) is 6.19. The molecule has 1 amide bonds. The molecule has 27 heavy (non-hydrogen) atoms. The number of carbonyl (C=O) groups excluding carboxylic acids is 2. The fraction of sp³-hybridized carbons (Fsp3) is 0.333. The summed E-state index contributed by atoms with van der Waals surface area (Å²) in [7, 11) is 0. The number of amides is 1. The Hall–Kier alpha value is -3.02. The first-order valence-corrected chi connectivity index (χ1v) is 8.90. The third kappa shape index (κ3) is 6.33. The molecule has 2 rings (SSSR count). The van der Waals surface area contributed by atoms with Gasteiger partial charge in [0.1, 0.15) is 11.5 Å². The number of hydrogen-bond donors (Lipinski definition) is 1. The van der Waals surface area contributed by atoms with Crippen molar-refractivity contribution in [2.24, 2.45) is 0 Å². The Labute approximate surface area is 159 Å². The Morgan fingerprint density at radius 2 is 1.52 bits per heavy atom. The van der Waals surface area contributed by atoms with Crippen molar-refractivity contribution in [3.8, 4) is 11.5 Å². The zero-order chi connectivity index (χ0) is 19.8. The monoisotopic (exact) mass is 371 g/mol. The molecular weight excluding hydrogens is 346 g/mol. The fourth-order valence-electron chi connectivity index (χ4n) is 2.27. The summed E-state index contributed by atoms with van der Waals surface area (Å²) in [4.78, 5) is 24.4. The van der Waals surface area contributed by atoms with E-state index in [-0.39, 0.29) is 6.10 Å². The van der Waals surface area contributed by atoms with Gasteiger partial charge in [-0.2, -0.15) is 0 Å². The molecule has 0 heterocycles. The lowest BCUT2D eigenvalue weighted by atomic mass is 10.2. The van der Waals surface area contributed by atoms with E-state index in [4.69, 9.17) is 14.2 Å². The molecule has 1 N–H and O–H groups in total. The summed E-state index contributed by atoms with van der Waals surface area (Å²) in [6.45, 7) is 7.84. The Morgan fingerprint density at radius 3 is 2.07 bits per heavy atom. The summed E-state index contributed by atoms with van der Waals surface area (Å²) >= 11 is 0. The third-order valence-electron chi connectivity index (χ3n) is 3.55. The van der Waals surface area contributed by atoms with Crippen molar-refractivity contribution in [1.29, 1.82) is 0 Å². The lowest BCUT2D eigenvalue weighted by Crippen LogP contribution is -2.30. The summed E-state index contributed by atoms with van der Waals surface area (Å²) in [5, 5.41) is 2.71. The minimum Gasteiger partial charge on any atom is -0.494 e. The molecule has 0 bridgehead atoms. The molecule has 0 aromatic heterocycles. The van der Waals surface area contributed by atoms with E-state index < -0.39 is 18.0 Å². The molecular formula is C21H25NO5. The molecule has 0 saturated carbocycles. The quantitative estimate of drug-likeness (QED) is 0.709. The third-order valence-corrected chi connectivity index (χ3v) is 3.55.